The van der Waals surface area contributed by atoms with E-state index in [1.54, 1.807) is 29.7 Å². The van der Waals surface area contributed by atoms with Crippen molar-refractivity contribution in [2.75, 3.05) is 0 Å². The first-order valence-electron chi connectivity index (χ1n) is 5.15. The molecule has 0 bridgehead atoms. The van der Waals surface area contributed by atoms with E-state index < -0.39 is 0 Å². The number of aromatic nitrogens is 4. The Balaban J connectivity index is 2.03. The molecule has 2 rings (SSSR count). The van der Waals surface area contributed by atoms with Crippen LogP contribution in [0.1, 0.15) is 5.69 Å². The minimum atomic E-state index is 0.183. The van der Waals surface area contributed by atoms with Crippen molar-refractivity contribution in [1.82, 2.24) is 19.7 Å². The highest BCUT2D eigenvalue weighted by atomic mass is 32.2. The summed E-state index contributed by atoms with van der Waals surface area (Å²) in [5.41, 5.74) is 1.04. The summed E-state index contributed by atoms with van der Waals surface area (Å²) in [7, 11) is 1.92. The van der Waals surface area contributed by atoms with Crippen LogP contribution in [0, 0.1) is 0 Å². The molecule has 4 nitrogen and oxygen atoms in total. The standard InChI is InChI=1S/C11H12N4S2/c1-15-8-13-14-11(15)17-10(7-16)6-9-4-2-3-5-12-9/h2-5,7-8,10H,6H2,1H3. The number of hydrogen-bond donors (Lipinski definition) is 0. The summed E-state index contributed by atoms with van der Waals surface area (Å²) in [4.78, 5) is 4.30. The molecule has 0 aliphatic heterocycles. The Kier molecular flexibility index (Phi) is 4.22. The lowest BCUT2D eigenvalue weighted by Gasteiger charge is -2.09. The van der Waals surface area contributed by atoms with E-state index in [1.807, 2.05) is 29.8 Å². The van der Waals surface area contributed by atoms with Crippen molar-refractivity contribution >= 4 is 29.3 Å². The molecule has 1 unspecified atom stereocenters. The van der Waals surface area contributed by atoms with Crippen molar-refractivity contribution in [2.24, 2.45) is 7.05 Å². The zero-order valence-corrected chi connectivity index (χ0v) is 11.0. The number of nitrogens with zero attached hydrogens (tertiary/aromatic N) is 4. The fourth-order valence-corrected chi connectivity index (χ4v) is 2.51. The predicted octanol–water partition coefficient (Wildman–Crippen LogP) is 1.91. The van der Waals surface area contributed by atoms with Crippen LogP contribution in [-0.2, 0) is 13.5 Å². The highest BCUT2D eigenvalue weighted by Crippen LogP contribution is 2.21. The van der Waals surface area contributed by atoms with Gasteiger partial charge in [0.25, 0.3) is 0 Å². The summed E-state index contributed by atoms with van der Waals surface area (Å²) in [6.07, 6.45) is 4.29. The number of hydrogen-bond acceptors (Lipinski definition) is 5. The molecule has 17 heavy (non-hydrogen) atoms. The lowest BCUT2D eigenvalue weighted by atomic mass is 10.2. The van der Waals surface area contributed by atoms with Crippen molar-refractivity contribution in [2.45, 2.75) is 16.8 Å². The van der Waals surface area contributed by atoms with Gasteiger partial charge in [0.05, 0.1) is 0 Å². The van der Waals surface area contributed by atoms with Gasteiger partial charge in [-0.05, 0) is 17.5 Å². The molecule has 0 N–H and O–H groups in total. The van der Waals surface area contributed by atoms with Crippen molar-refractivity contribution in [1.29, 1.82) is 0 Å². The third-order valence-electron chi connectivity index (χ3n) is 2.21. The second-order valence-corrected chi connectivity index (χ2v) is 5.02. The molecule has 2 aromatic heterocycles. The van der Waals surface area contributed by atoms with Crippen LogP contribution in [0.2, 0.25) is 0 Å². The minimum Gasteiger partial charge on any atom is -0.312 e. The van der Waals surface area contributed by atoms with Gasteiger partial charge < -0.3 is 4.57 Å². The topological polar surface area (TPSA) is 43.6 Å². The highest BCUT2D eigenvalue weighted by Gasteiger charge is 2.12. The van der Waals surface area contributed by atoms with E-state index in [-0.39, 0.29) is 5.25 Å². The molecule has 1 atom stereocenters. The molecule has 0 radical (unpaired) electrons. The van der Waals surface area contributed by atoms with E-state index in [1.165, 1.54) is 0 Å². The maximum Gasteiger partial charge on any atom is 0.191 e. The molecular formula is C11H12N4S2. The summed E-state index contributed by atoms with van der Waals surface area (Å²) in [6.45, 7) is 0. The van der Waals surface area contributed by atoms with Gasteiger partial charge in [0, 0.05) is 30.6 Å². The average Bonchev–Trinajstić information content (AvgIpc) is 2.75. The van der Waals surface area contributed by atoms with Crippen LogP contribution < -0.4 is 0 Å². The first kappa shape index (κ1) is 12.2. The molecular weight excluding hydrogens is 252 g/mol. The third kappa shape index (κ3) is 3.34. The van der Waals surface area contributed by atoms with Crippen LogP contribution in [0.15, 0.2) is 35.9 Å². The highest BCUT2D eigenvalue weighted by molar-refractivity contribution is 8.01. The lowest BCUT2D eigenvalue weighted by molar-refractivity contribution is 0.786. The van der Waals surface area contributed by atoms with E-state index in [4.69, 9.17) is 12.2 Å². The fourth-order valence-electron chi connectivity index (χ4n) is 1.36. The van der Waals surface area contributed by atoms with E-state index in [9.17, 15) is 0 Å². The van der Waals surface area contributed by atoms with Gasteiger partial charge in [0.15, 0.2) is 5.16 Å². The largest absolute Gasteiger partial charge is 0.312 e. The van der Waals surface area contributed by atoms with E-state index in [0.29, 0.717) is 0 Å². The molecule has 6 heteroatoms. The van der Waals surface area contributed by atoms with Gasteiger partial charge in [0.1, 0.15) is 6.33 Å². The lowest BCUT2D eigenvalue weighted by Crippen LogP contribution is -2.09. The monoisotopic (exact) mass is 264 g/mol. The van der Waals surface area contributed by atoms with Gasteiger partial charge in [-0.2, -0.15) is 0 Å². The number of aryl methyl sites for hydroxylation is 1. The van der Waals surface area contributed by atoms with Gasteiger partial charge >= 0.3 is 0 Å². The predicted molar refractivity (Wildman–Crippen MR) is 72.2 cm³/mol. The van der Waals surface area contributed by atoms with Gasteiger partial charge in [-0.25, -0.2) is 0 Å². The molecule has 88 valence electrons. The Hall–Kier alpha value is -1.27. The average molecular weight is 264 g/mol. The van der Waals surface area contributed by atoms with Gasteiger partial charge in [-0.1, -0.05) is 30.0 Å². The zero-order valence-electron chi connectivity index (χ0n) is 9.35. The van der Waals surface area contributed by atoms with Crippen molar-refractivity contribution in [3.63, 3.8) is 0 Å². The van der Waals surface area contributed by atoms with Crippen molar-refractivity contribution in [3.05, 3.63) is 36.4 Å². The maximum atomic E-state index is 5.06. The van der Waals surface area contributed by atoms with Crippen LogP contribution in [0.3, 0.4) is 0 Å². The van der Waals surface area contributed by atoms with Gasteiger partial charge in [-0.15, -0.1) is 10.2 Å². The Morgan fingerprint density at radius 3 is 3.00 bits per heavy atom. The van der Waals surface area contributed by atoms with Gasteiger partial charge in [-0.3, -0.25) is 4.98 Å². The van der Waals surface area contributed by atoms with E-state index >= 15 is 0 Å². The number of pyridine rings is 1. The third-order valence-corrected chi connectivity index (χ3v) is 3.90. The molecule has 0 saturated heterocycles. The van der Waals surface area contributed by atoms with Crippen LogP contribution in [0.4, 0.5) is 0 Å². The van der Waals surface area contributed by atoms with Crippen LogP contribution in [0.25, 0.3) is 0 Å². The van der Waals surface area contributed by atoms with Crippen LogP contribution >= 0.6 is 24.0 Å². The van der Waals surface area contributed by atoms with E-state index in [2.05, 4.69) is 15.2 Å². The molecule has 0 spiro atoms. The second-order valence-electron chi connectivity index (χ2n) is 3.54. The summed E-state index contributed by atoms with van der Waals surface area (Å²) in [6, 6.07) is 5.89. The fraction of sp³-hybridized carbons (Fsp3) is 0.273. The SMILES string of the molecule is Cn1cnnc1SC(C=S)Cc1ccccn1. The first-order chi connectivity index (χ1) is 8.29. The number of thiocarbonyl (C=S) groups is 1. The Labute approximate surface area is 109 Å². The van der Waals surface area contributed by atoms with E-state index in [0.717, 1.165) is 17.3 Å². The molecule has 0 amide bonds. The smallest absolute Gasteiger partial charge is 0.191 e. The first-order valence-corrected chi connectivity index (χ1v) is 6.50. The molecule has 0 saturated carbocycles. The summed E-state index contributed by atoms with van der Waals surface area (Å²) in [5, 5.41) is 10.7. The Morgan fingerprint density at radius 2 is 2.41 bits per heavy atom. The number of rotatable bonds is 5. The Bertz CT molecular complexity index is 483. The van der Waals surface area contributed by atoms with Crippen LogP contribution in [-0.4, -0.2) is 30.4 Å². The summed E-state index contributed by atoms with van der Waals surface area (Å²) >= 11 is 6.66. The molecule has 0 aliphatic carbocycles. The summed E-state index contributed by atoms with van der Waals surface area (Å²) < 4.78 is 1.88. The molecule has 0 fully saturated rings. The molecule has 0 aromatic carbocycles. The van der Waals surface area contributed by atoms with Crippen LogP contribution in [0.5, 0.6) is 0 Å². The molecule has 2 aromatic rings. The normalized spacial score (nSPS) is 12.3. The second kappa shape index (κ2) is 5.88. The van der Waals surface area contributed by atoms with Gasteiger partial charge in [0.2, 0.25) is 0 Å². The minimum absolute atomic E-state index is 0.183. The van der Waals surface area contributed by atoms with Crippen molar-refractivity contribution < 1.29 is 0 Å². The quantitative estimate of drug-likeness (QED) is 0.609. The zero-order chi connectivity index (χ0) is 12.1. The molecule has 2 heterocycles. The van der Waals surface area contributed by atoms with Crippen molar-refractivity contribution in [3.8, 4) is 0 Å². The number of thioether (sulfide) groups is 1. The molecule has 0 aliphatic rings. The summed E-state index contributed by atoms with van der Waals surface area (Å²) in [5.74, 6) is 0. The Morgan fingerprint density at radius 1 is 1.53 bits per heavy atom. The maximum absolute atomic E-state index is 5.06.